The molecule has 0 bridgehead atoms. The number of hydrogen-bond acceptors (Lipinski definition) is 2. The molecule has 0 saturated carbocycles. The van der Waals surface area contributed by atoms with Gasteiger partial charge in [-0.3, -0.25) is 9.69 Å². The number of aliphatic hydroxyl groups excluding tert-OH is 1. The van der Waals surface area contributed by atoms with E-state index in [-0.39, 0.29) is 5.91 Å². The average molecular weight is 297 g/mol. The second-order valence-corrected chi connectivity index (χ2v) is 5.49. The molecule has 0 fully saturated rings. The van der Waals surface area contributed by atoms with Crippen LogP contribution in [0, 0.1) is 5.92 Å². The van der Waals surface area contributed by atoms with Crippen molar-refractivity contribution in [1.82, 2.24) is 0 Å². The molecular weight excluding hydrogens is 274 g/mol. The van der Waals surface area contributed by atoms with Gasteiger partial charge in [0.05, 0.1) is 12.0 Å². The molecule has 3 nitrogen and oxygen atoms in total. The molecule has 0 aliphatic rings. The van der Waals surface area contributed by atoms with Crippen LogP contribution in [0.5, 0.6) is 0 Å². The van der Waals surface area contributed by atoms with Crippen molar-refractivity contribution in [3.8, 4) is 0 Å². The van der Waals surface area contributed by atoms with Gasteiger partial charge in [-0.1, -0.05) is 56.7 Å². The Kier molecular flexibility index (Phi) is 5.73. The number of aliphatic hydroxyl groups is 1. The van der Waals surface area contributed by atoms with E-state index >= 15 is 0 Å². The molecule has 0 radical (unpaired) electrons. The summed E-state index contributed by atoms with van der Waals surface area (Å²) in [6.45, 7) is 3.80. The lowest BCUT2D eigenvalue weighted by Crippen LogP contribution is -2.37. The number of hydrogen-bond donors (Lipinski definition) is 1. The Balaban J connectivity index is 2.35. The number of carbonyl (C=O) groups excluding carboxylic acids is 1. The topological polar surface area (TPSA) is 40.5 Å². The standard InChI is InChI=1S/C19H23NO2/c1-3-10-18(21)15(2)19(22)20(16-11-6-4-7-12-16)17-13-8-5-9-14-17/h4-9,11-15,18,21H,3,10H2,1-2H3/t15-,18-/m1/s1. The average Bonchev–Trinajstić information content (AvgIpc) is 2.56. The summed E-state index contributed by atoms with van der Waals surface area (Å²) in [5.41, 5.74) is 1.63. The van der Waals surface area contributed by atoms with E-state index in [1.807, 2.05) is 67.6 Å². The van der Waals surface area contributed by atoms with Crippen molar-refractivity contribution in [3.63, 3.8) is 0 Å². The molecule has 1 N–H and O–H groups in total. The fraction of sp³-hybridized carbons (Fsp3) is 0.316. The van der Waals surface area contributed by atoms with Crippen molar-refractivity contribution in [1.29, 1.82) is 0 Å². The number of benzene rings is 2. The maximum absolute atomic E-state index is 12.9. The zero-order chi connectivity index (χ0) is 15.9. The minimum atomic E-state index is -0.618. The normalized spacial score (nSPS) is 13.4. The first kappa shape index (κ1) is 16.2. The van der Waals surface area contributed by atoms with Gasteiger partial charge in [0.15, 0.2) is 0 Å². The van der Waals surface area contributed by atoms with Crippen LogP contribution in [0.2, 0.25) is 0 Å². The Bertz CT molecular complexity index is 543. The summed E-state index contributed by atoms with van der Waals surface area (Å²) < 4.78 is 0. The number of anilines is 2. The highest BCUT2D eigenvalue weighted by Crippen LogP contribution is 2.28. The van der Waals surface area contributed by atoms with Gasteiger partial charge in [-0.05, 0) is 30.7 Å². The number of para-hydroxylation sites is 2. The van der Waals surface area contributed by atoms with Crippen LogP contribution >= 0.6 is 0 Å². The molecule has 0 spiro atoms. The van der Waals surface area contributed by atoms with Crippen molar-refractivity contribution in [3.05, 3.63) is 60.7 Å². The maximum Gasteiger partial charge on any atom is 0.236 e. The van der Waals surface area contributed by atoms with Gasteiger partial charge in [0.25, 0.3) is 0 Å². The first-order valence-corrected chi connectivity index (χ1v) is 7.77. The third-order valence-electron chi connectivity index (χ3n) is 3.80. The Morgan fingerprint density at radius 2 is 1.45 bits per heavy atom. The zero-order valence-electron chi connectivity index (χ0n) is 13.1. The van der Waals surface area contributed by atoms with E-state index in [0.717, 1.165) is 17.8 Å². The molecular formula is C19H23NO2. The number of nitrogens with zero attached hydrogens (tertiary/aromatic N) is 1. The van der Waals surface area contributed by atoms with E-state index in [0.29, 0.717) is 6.42 Å². The molecule has 0 unspecified atom stereocenters. The molecule has 22 heavy (non-hydrogen) atoms. The largest absolute Gasteiger partial charge is 0.392 e. The van der Waals surface area contributed by atoms with Crippen molar-refractivity contribution in [2.45, 2.75) is 32.8 Å². The molecule has 0 aromatic heterocycles. The quantitative estimate of drug-likeness (QED) is 0.870. The van der Waals surface area contributed by atoms with Crippen molar-refractivity contribution in [2.24, 2.45) is 5.92 Å². The second-order valence-electron chi connectivity index (χ2n) is 5.49. The molecule has 1 amide bonds. The van der Waals surface area contributed by atoms with Crippen molar-refractivity contribution >= 4 is 17.3 Å². The van der Waals surface area contributed by atoms with E-state index in [9.17, 15) is 9.90 Å². The number of carbonyl (C=O) groups is 1. The molecule has 0 aliphatic heterocycles. The maximum atomic E-state index is 12.9. The summed E-state index contributed by atoms with van der Waals surface area (Å²) in [6, 6.07) is 19.1. The highest BCUT2D eigenvalue weighted by Gasteiger charge is 2.28. The van der Waals surface area contributed by atoms with E-state index in [2.05, 4.69) is 0 Å². The summed E-state index contributed by atoms with van der Waals surface area (Å²) in [5.74, 6) is -0.529. The highest BCUT2D eigenvalue weighted by molar-refractivity contribution is 6.01. The van der Waals surface area contributed by atoms with Gasteiger partial charge >= 0.3 is 0 Å². The van der Waals surface area contributed by atoms with Crippen LogP contribution in [0.15, 0.2) is 60.7 Å². The first-order valence-electron chi connectivity index (χ1n) is 7.77. The van der Waals surface area contributed by atoms with Gasteiger partial charge in [-0.25, -0.2) is 0 Å². The lowest BCUT2D eigenvalue weighted by molar-refractivity contribution is -0.124. The molecule has 3 heteroatoms. The zero-order valence-corrected chi connectivity index (χ0v) is 13.1. The van der Waals surface area contributed by atoms with Gasteiger partial charge in [0, 0.05) is 11.4 Å². The minimum Gasteiger partial charge on any atom is -0.392 e. The van der Waals surface area contributed by atoms with Gasteiger partial charge in [0.2, 0.25) is 5.91 Å². The molecule has 0 heterocycles. The summed E-state index contributed by atoms with van der Waals surface area (Å²) in [5, 5.41) is 10.2. The monoisotopic (exact) mass is 297 g/mol. The van der Waals surface area contributed by atoms with Crippen LogP contribution < -0.4 is 4.90 Å². The van der Waals surface area contributed by atoms with Crippen LogP contribution in [0.25, 0.3) is 0 Å². The lowest BCUT2D eigenvalue weighted by Gasteiger charge is -2.28. The molecule has 2 aromatic carbocycles. The third kappa shape index (κ3) is 3.74. The smallest absolute Gasteiger partial charge is 0.236 e. The van der Waals surface area contributed by atoms with E-state index < -0.39 is 12.0 Å². The first-order chi connectivity index (χ1) is 10.6. The molecule has 0 aliphatic carbocycles. The fourth-order valence-corrected chi connectivity index (χ4v) is 2.47. The molecule has 2 atom stereocenters. The Labute approximate surface area is 132 Å². The second kappa shape index (κ2) is 7.76. The van der Waals surface area contributed by atoms with Crippen molar-refractivity contribution < 1.29 is 9.90 Å². The van der Waals surface area contributed by atoms with E-state index in [1.165, 1.54) is 0 Å². The fourth-order valence-electron chi connectivity index (χ4n) is 2.47. The van der Waals surface area contributed by atoms with Crippen LogP contribution in [-0.4, -0.2) is 17.1 Å². The summed E-state index contributed by atoms with van der Waals surface area (Å²) in [4.78, 5) is 14.6. The minimum absolute atomic E-state index is 0.0849. The van der Waals surface area contributed by atoms with Gasteiger partial charge in [0.1, 0.15) is 0 Å². The Morgan fingerprint density at radius 1 is 1.00 bits per heavy atom. The molecule has 2 rings (SSSR count). The molecule has 0 saturated heterocycles. The Hall–Kier alpha value is -2.13. The lowest BCUT2D eigenvalue weighted by atomic mass is 9.98. The SMILES string of the molecule is CCC[C@@H](O)[C@@H](C)C(=O)N(c1ccccc1)c1ccccc1. The Morgan fingerprint density at radius 3 is 1.86 bits per heavy atom. The van der Waals surface area contributed by atoms with Crippen LogP contribution in [0.4, 0.5) is 11.4 Å². The molecule has 2 aromatic rings. The predicted octanol–water partition coefficient (Wildman–Crippen LogP) is 4.15. The summed E-state index contributed by atoms with van der Waals surface area (Å²) >= 11 is 0. The summed E-state index contributed by atoms with van der Waals surface area (Å²) in [7, 11) is 0. The highest BCUT2D eigenvalue weighted by atomic mass is 16.3. The number of rotatable bonds is 6. The van der Waals surface area contributed by atoms with E-state index in [1.54, 1.807) is 11.8 Å². The van der Waals surface area contributed by atoms with Gasteiger partial charge < -0.3 is 5.11 Å². The van der Waals surface area contributed by atoms with Gasteiger partial charge in [-0.2, -0.15) is 0 Å². The van der Waals surface area contributed by atoms with Gasteiger partial charge in [-0.15, -0.1) is 0 Å². The predicted molar refractivity (Wildman–Crippen MR) is 90.1 cm³/mol. The van der Waals surface area contributed by atoms with Crippen LogP contribution in [-0.2, 0) is 4.79 Å². The van der Waals surface area contributed by atoms with Crippen molar-refractivity contribution in [2.75, 3.05) is 4.90 Å². The molecule has 116 valence electrons. The third-order valence-corrected chi connectivity index (χ3v) is 3.80. The van der Waals surface area contributed by atoms with Crippen LogP contribution in [0.1, 0.15) is 26.7 Å². The number of amides is 1. The van der Waals surface area contributed by atoms with Crippen LogP contribution in [0.3, 0.4) is 0 Å². The summed E-state index contributed by atoms with van der Waals surface area (Å²) in [6.07, 6.45) is 0.868. The van der Waals surface area contributed by atoms with E-state index in [4.69, 9.17) is 0 Å².